The van der Waals surface area contributed by atoms with E-state index in [-0.39, 0.29) is 0 Å². The molecule has 3 N–H and O–H groups in total. The summed E-state index contributed by atoms with van der Waals surface area (Å²) in [7, 11) is 0. The number of aromatic nitrogens is 2. The van der Waals surface area contributed by atoms with Crippen LogP contribution in [0.2, 0.25) is 5.02 Å². The third-order valence-corrected chi connectivity index (χ3v) is 6.36. The predicted molar refractivity (Wildman–Crippen MR) is 142 cm³/mol. The minimum Gasteiger partial charge on any atom is -0.489 e. The number of nitrogens with two attached hydrogens (primary N) is 1. The highest BCUT2D eigenvalue weighted by atomic mass is 35.5. The van der Waals surface area contributed by atoms with Gasteiger partial charge in [-0.1, -0.05) is 51.4 Å². The Labute approximate surface area is 216 Å². The van der Waals surface area contributed by atoms with Gasteiger partial charge in [-0.3, -0.25) is 4.72 Å². The number of nitriles is 1. The van der Waals surface area contributed by atoms with Gasteiger partial charge in [-0.05, 0) is 53.4 Å². The molecular weight excluding hydrogens is 482 g/mol. The lowest BCUT2D eigenvalue weighted by Gasteiger charge is -2.27. The zero-order chi connectivity index (χ0) is 25.4. The van der Waals surface area contributed by atoms with Crippen molar-refractivity contribution in [1.29, 1.82) is 5.26 Å². The molecular formula is C26H30ClN5O2S. The number of halogens is 1. The molecule has 35 heavy (non-hydrogen) atoms. The van der Waals surface area contributed by atoms with Gasteiger partial charge < -0.3 is 15.2 Å². The quantitative estimate of drug-likeness (QED) is 0.315. The molecule has 3 aromatic rings. The summed E-state index contributed by atoms with van der Waals surface area (Å²) in [5, 5.41) is 10.4. The molecule has 0 aliphatic carbocycles. The van der Waals surface area contributed by atoms with E-state index in [1.807, 2.05) is 42.5 Å². The summed E-state index contributed by atoms with van der Waals surface area (Å²) in [5.41, 5.74) is 8.25. The normalized spacial score (nSPS) is 11.3. The maximum atomic E-state index is 9.61. The smallest absolute Gasteiger partial charge is 0.233 e. The number of nitrogens with zero attached hydrogens (tertiary/aromatic N) is 3. The van der Waals surface area contributed by atoms with E-state index in [1.54, 1.807) is 18.1 Å². The fourth-order valence-electron chi connectivity index (χ4n) is 3.33. The number of anilines is 1. The molecule has 0 radical (unpaired) electrons. The topological polar surface area (TPSA) is 106 Å². The summed E-state index contributed by atoms with van der Waals surface area (Å²) in [6.45, 7) is 9.33. The fourth-order valence-corrected chi connectivity index (χ4v) is 4.05. The van der Waals surface area contributed by atoms with Crippen LogP contribution in [0.4, 0.5) is 5.95 Å². The van der Waals surface area contributed by atoms with Crippen molar-refractivity contribution in [3.63, 3.8) is 0 Å². The van der Waals surface area contributed by atoms with Gasteiger partial charge in [-0.2, -0.15) is 5.26 Å². The molecule has 9 heteroatoms. The largest absolute Gasteiger partial charge is 0.489 e. The van der Waals surface area contributed by atoms with E-state index >= 15 is 0 Å². The van der Waals surface area contributed by atoms with E-state index < -0.39 is 5.41 Å². The second kappa shape index (κ2) is 12.1. The Morgan fingerprint density at radius 2 is 1.89 bits per heavy atom. The standard InChI is InChI=1S/C26H30ClN5O2S/c1-17(2)35-32-25-30-11-9-21(31-25)16-34-22-7-5-19(6-8-22)26(3,4)20-13-18(15-29)24(23(27)14-20)33-12-10-28/h5-9,11,13-14,17H,10,12,16,28H2,1-4H3,(H,30,31,32). The first-order valence-electron chi connectivity index (χ1n) is 11.3. The van der Waals surface area contributed by atoms with Crippen LogP contribution >= 0.6 is 23.5 Å². The molecule has 0 bridgehead atoms. The lowest BCUT2D eigenvalue weighted by Crippen LogP contribution is -2.19. The van der Waals surface area contributed by atoms with Crippen LogP contribution in [0.15, 0.2) is 48.7 Å². The predicted octanol–water partition coefficient (Wildman–Crippen LogP) is 5.71. The monoisotopic (exact) mass is 511 g/mol. The van der Waals surface area contributed by atoms with Gasteiger partial charge in [0, 0.05) is 23.4 Å². The van der Waals surface area contributed by atoms with E-state index in [1.165, 1.54) is 0 Å². The van der Waals surface area contributed by atoms with Crippen molar-refractivity contribution < 1.29 is 9.47 Å². The molecule has 0 saturated heterocycles. The average molecular weight is 512 g/mol. The van der Waals surface area contributed by atoms with E-state index in [9.17, 15) is 5.26 Å². The number of ether oxygens (including phenoxy) is 2. The number of nitrogens with one attached hydrogen (secondary N) is 1. The third-order valence-electron chi connectivity index (χ3n) is 5.31. The van der Waals surface area contributed by atoms with Crippen LogP contribution in [-0.2, 0) is 12.0 Å². The summed E-state index contributed by atoms with van der Waals surface area (Å²) >= 11 is 8.02. The van der Waals surface area contributed by atoms with E-state index in [0.29, 0.717) is 47.3 Å². The van der Waals surface area contributed by atoms with Gasteiger partial charge in [-0.25, -0.2) is 9.97 Å². The Morgan fingerprint density at radius 1 is 1.14 bits per heavy atom. The molecule has 0 fully saturated rings. The Balaban J connectivity index is 1.72. The van der Waals surface area contributed by atoms with Crippen molar-refractivity contribution in [2.24, 2.45) is 5.73 Å². The first-order valence-corrected chi connectivity index (χ1v) is 12.5. The van der Waals surface area contributed by atoms with Gasteiger partial charge in [-0.15, -0.1) is 0 Å². The number of rotatable bonds is 11. The first-order chi connectivity index (χ1) is 16.7. The van der Waals surface area contributed by atoms with Crippen LogP contribution in [0.25, 0.3) is 0 Å². The van der Waals surface area contributed by atoms with Gasteiger partial charge in [0.1, 0.15) is 25.0 Å². The Kier molecular flexibility index (Phi) is 9.21. The minimum absolute atomic E-state index is 0.294. The molecule has 1 heterocycles. The van der Waals surface area contributed by atoms with Crippen LogP contribution < -0.4 is 19.9 Å². The third kappa shape index (κ3) is 7.01. The molecule has 184 valence electrons. The van der Waals surface area contributed by atoms with E-state index in [0.717, 1.165) is 22.6 Å². The van der Waals surface area contributed by atoms with Gasteiger partial charge in [0.05, 0.1) is 16.3 Å². The average Bonchev–Trinajstić information content (AvgIpc) is 2.85. The Bertz CT molecular complexity index is 1180. The zero-order valence-corrected chi connectivity index (χ0v) is 21.9. The second-order valence-corrected chi connectivity index (χ2v) is 10.5. The molecule has 0 aliphatic rings. The highest BCUT2D eigenvalue weighted by Gasteiger charge is 2.26. The van der Waals surface area contributed by atoms with Crippen molar-refractivity contribution in [2.75, 3.05) is 17.9 Å². The summed E-state index contributed by atoms with van der Waals surface area (Å²) in [6, 6.07) is 15.6. The van der Waals surface area contributed by atoms with Crippen LogP contribution in [0.1, 0.15) is 50.1 Å². The highest BCUT2D eigenvalue weighted by molar-refractivity contribution is 8.01. The van der Waals surface area contributed by atoms with Crippen LogP contribution in [0.5, 0.6) is 11.5 Å². The molecule has 7 nitrogen and oxygen atoms in total. The van der Waals surface area contributed by atoms with Crippen molar-refractivity contribution >= 4 is 29.5 Å². The SMILES string of the molecule is CC(C)SNc1nccc(COc2ccc(C(C)(C)c3cc(Cl)c(OCCN)c(C#N)c3)cc2)n1. The molecule has 3 rings (SSSR count). The van der Waals surface area contributed by atoms with Crippen molar-refractivity contribution in [3.05, 3.63) is 76.1 Å². The molecule has 1 aromatic heterocycles. The number of hydrogen-bond donors (Lipinski definition) is 2. The summed E-state index contributed by atoms with van der Waals surface area (Å²) in [5.74, 6) is 1.67. The molecule has 0 amide bonds. The summed E-state index contributed by atoms with van der Waals surface area (Å²) < 4.78 is 14.7. The molecule has 0 atom stereocenters. The molecule has 0 unspecified atom stereocenters. The fraction of sp³-hybridized carbons (Fsp3) is 0.346. The number of hydrogen-bond acceptors (Lipinski definition) is 8. The van der Waals surface area contributed by atoms with E-state index in [2.05, 4.69) is 48.5 Å². The number of benzene rings is 2. The zero-order valence-electron chi connectivity index (χ0n) is 20.3. The maximum Gasteiger partial charge on any atom is 0.233 e. The van der Waals surface area contributed by atoms with Gasteiger partial charge in [0.2, 0.25) is 5.95 Å². The van der Waals surface area contributed by atoms with Crippen molar-refractivity contribution in [2.45, 2.75) is 45.0 Å². The van der Waals surface area contributed by atoms with Gasteiger partial charge >= 0.3 is 0 Å². The lowest BCUT2D eigenvalue weighted by atomic mass is 9.77. The first kappa shape index (κ1) is 26.6. The van der Waals surface area contributed by atoms with Gasteiger partial charge in [0.25, 0.3) is 0 Å². The van der Waals surface area contributed by atoms with E-state index in [4.69, 9.17) is 26.8 Å². The highest BCUT2D eigenvalue weighted by Crippen LogP contribution is 2.38. The van der Waals surface area contributed by atoms with Crippen molar-refractivity contribution in [1.82, 2.24) is 9.97 Å². The van der Waals surface area contributed by atoms with Crippen LogP contribution in [0, 0.1) is 11.3 Å². The van der Waals surface area contributed by atoms with Crippen molar-refractivity contribution in [3.8, 4) is 17.6 Å². The summed E-state index contributed by atoms with van der Waals surface area (Å²) in [6.07, 6.45) is 1.72. The summed E-state index contributed by atoms with van der Waals surface area (Å²) in [4.78, 5) is 8.71. The molecule has 2 aromatic carbocycles. The van der Waals surface area contributed by atoms with Gasteiger partial charge in [0.15, 0.2) is 5.75 Å². The molecule has 0 aliphatic heterocycles. The maximum absolute atomic E-state index is 9.61. The minimum atomic E-state index is -0.401. The molecule has 0 saturated carbocycles. The van der Waals surface area contributed by atoms with Crippen LogP contribution in [0.3, 0.4) is 0 Å². The Morgan fingerprint density at radius 3 is 2.54 bits per heavy atom. The van der Waals surface area contributed by atoms with Crippen LogP contribution in [-0.4, -0.2) is 28.4 Å². The molecule has 0 spiro atoms. The Hall–Kier alpha value is -2.99. The lowest BCUT2D eigenvalue weighted by molar-refractivity contribution is 0.301. The second-order valence-electron chi connectivity index (χ2n) is 8.66.